The highest BCUT2D eigenvalue weighted by Gasteiger charge is 2.05. The first-order valence-corrected chi connectivity index (χ1v) is 4.83. The predicted octanol–water partition coefficient (Wildman–Crippen LogP) is 3.35. The maximum absolute atomic E-state index is 5.29. The molecule has 0 aliphatic heterocycles. The standard InChI is InChI=1S/C12H10OS/c1-9-4-6-10(7-5-9)12(14)11-3-2-8-13-11/h2-8H,1H3. The number of thiocarbonyl (C=S) groups is 1. The number of benzene rings is 1. The van der Waals surface area contributed by atoms with E-state index in [9.17, 15) is 0 Å². The number of hydrogen-bond acceptors (Lipinski definition) is 2. The fraction of sp³-hybridized carbons (Fsp3) is 0.0833. The lowest BCUT2D eigenvalue weighted by Gasteiger charge is -2.00. The van der Waals surface area contributed by atoms with Crippen molar-refractivity contribution in [3.63, 3.8) is 0 Å². The lowest BCUT2D eigenvalue weighted by Crippen LogP contribution is -1.97. The molecule has 2 rings (SSSR count). The second-order valence-electron chi connectivity index (χ2n) is 3.17. The van der Waals surface area contributed by atoms with Gasteiger partial charge in [-0.2, -0.15) is 0 Å². The zero-order valence-corrected chi connectivity index (χ0v) is 8.67. The number of furan rings is 1. The minimum Gasteiger partial charge on any atom is -0.463 e. The molecule has 0 bridgehead atoms. The summed E-state index contributed by atoms with van der Waals surface area (Å²) in [4.78, 5) is 0.759. The summed E-state index contributed by atoms with van der Waals surface area (Å²) in [5.74, 6) is 0.754. The molecule has 0 amide bonds. The second-order valence-corrected chi connectivity index (χ2v) is 3.58. The van der Waals surface area contributed by atoms with Crippen LogP contribution in [0.25, 0.3) is 0 Å². The highest BCUT2D eigenvalue weighted by Crippen LogP contribution is 2.12. The molecule has 0 saturated heterocycles. The zero-order chi connectivity index (χ0) is 9.97. The average molecular weight is 202 g/mol. The normalized spacial score (nSPS) is 10.1. The Morgan fingerprint density at radius 3 is 2.43 bits per heavy atom. The summed E-state index contributed by atoms with van der Waals surface area (Å²) >= 11 is 5.29. The Bertz CT molecular complexity index is 426. The molecular formula is C12H10OS. The van der Waals surface area contributed by atoms with E-state index in [2.05, 4.69) is 6.92 Å². The topological polar surface area (TPSA) is 13.1 Å². The third kappa shape index (κ3) is 1.75. The molecule has 0 spiro atoms. The van der Waals surface area contributed by atoms with E-state index in [1.54, 1.807) is 6.26 Å². The lowest BCUT2D eigenvalue weighted by molar-refractivity contribution is 0.559. The molecule has 0 aliphatic rings. The van der Waals surface area contributed by atoms with Crippen LogP contribution in [0.4, 0.5) is 0 Å². The fourth-order valence-corrected chi connectivity index (χ4v) is 1.51. The van der Waals surface area contributed by atoms with Crippen LogP contribution in [-0.4, -0.2) is 4.86 Å². The van der Waals surface area contributed by atoms with Gasteiger partial charge in [0.05, 0.1) is 11.1 Å². The molecule has 14 heavy (non-hydrogen) atoms. The Labute approximate surface area is 88.4 Å². The predicted molar refractivity (Wildman–Crippen MR) is 60.7 cm³/mol. The van der Waals surface area contributed by atoms with E-state index in [4.69, 9.17) is 16.6 Å². The molecule has 2 heteroatoms. The van der Waals surface area contributed by atoms with Crippen molar-refractivity contribution in [2.45, 2.75) is 6.92 Å². The molecule has 1 nitrogen and oxygen atoms in total. The molecule has 0 saturated carbocycles. The number of aryl methyl sites for hydroxylation is 1. The molecule has 0 radical (unpaired) electrons. The Hall–Kier alpha value is -1.41. The van der Waals surface area contributed by atoms with Crippen LogP contribution in [-0.2, 0) is 0 Å². The van der Waals surface area contributed by atoms with Crippen molar-refractivity contribution >= 4 is 17.1 Å². The summed E-state index contributed by atoms with van der Waals surface area (Å²) in [6, 6.07) is 11.8. The van der Waals surface area contributed by atoms with Crippen LogP contribution < -0.4 is 0 Å². The van der Waals surface area contributed by atoms with Crippen molar-refractivity contribution in [3.05, 3.63) is 59.5 Å². The highest BCUT2D eigenvalue weighted by atomic mass is 32.1. The summed E-state index contributed by atoms with van der Waals surface area (Å²) in [6.07, 6.45) is 1.63. The Kier molecular flexibility index (Phi) is 2.46. The maximum Gasteiger partial charge on any atom is 0.145 e. The molecule has 0 atom stereocenters. The van der Waals surface area contributed by atoms with Crippen molar-refractivity contribution in [1.82, 2.24) is 0 Å². The van der Waals surface area contributed by atoms with Gasteiger partial charge in [-0.3, -0.25) is 0 Å². The molecule has 0 unspecified atom stereocenters. The van der Waals surface area contributed by atoms with Crippen molar-refractivity contribution in [3.8, 4) is 0 Å². The Balaban J connectivity index is 2.33. The molecule has 1 aromatic heterocycles. The van der Waals surface area contributed by atoms with Gasteiger partial charge in [0.25, 0.3) is 0 Å². The van der Waals surface area contributed by atoms with Gasteiger partial charge in [-0.15, -0.1) is 0 Å². The number of rotatable bonds is 2. The molecule has 0 aliphatic carbocycles. The lowest BCUT2D eigenvalue weighted by atomic mass is 10.1. The van der Waals surface area contributed by atoms with Gasteiger partial charge in [-0.1, -0.05) is 42.0 Å². The third-order valence-electron chi connectivity index (χ3n) is 2.06. The Morgan fingerprint density at radius 2 is 1.86 bits per heavy atom. The van der Waals surface area contributed by atoms with E-state index in [1.165, 1.54) is 5.56 Å². The van der Waals surface area contributed by atoms with Crippen LogP contribution >= 0.6 is 12.2 Å². The van der Waals surface area contributed by atoms with Gasteiger partial charge in [0.1, 0.15) is 5.76 Å². The van der Waals surface area contributed by atoms with E-state index < -0.39 is 0 Å². The molecule has 70 valence electrons. The van der Waals surface area contributed by atoms with Gasteiger partial charge in [0, 0.05) is 0 Å². The van der Waals surface area contributed by atoms with Gasteiger partial charge in [0.2, 0.25) is 0 Å². The second kappa shape index (κ2) is 3.76. The Morgan fingerprint density at radius 1 is 1.14 bits per heavy atom. The molecule has 2 aromatic rings. The minimum absolute atomic E-state index is 0.754. The summed E-state index contributed by atoms with van der Waals surface area (Å²) in [5.41, 5.74) is 2.26. The maximum atomic E-state index is 5.29. The largest absolute Gasteiger partial charge is 0.463 e. The summed E-state index contributed by atoms with van der Waals surface area (Å²) in [7, 11) is 0. The van der Waals surface area contributed by atoms with Gasteiger partial charge < -0.3 is 4.42 Å². The molecule has 1 aromatic carbocycles. The molecule has 0 N–H and O–H groups in total. The molecule has 1 heterocycles. The van der Waals surface area contributed by atoms with Gasteiger partial charge in [-0.05, 0) is 24.6 Å². The number of hydrogen-bond donors (Lipinski definition) is 0. The summed E-state index contributed by atoms with van der Waals surface area (Å²) in [6.45, 7) is 2.06. The zero-order valence-electron chi connectivity index (χ0n) is 7.86. The van der Waals surface area contributed by atoms with E-state index in [0.29, 0.717) is 0 Å². The van der Waals surface area contributed by atoms with E-state index >= 15 is 0 Å². The van der Waals surface area contributed by atoms with Crippen LogP contribution in [0.1, 0.15) is 16.9 Å². The first-order valence-electron chi connectivity index (χ1n) is 4.42. The monoisotopic (exact) mass is 202 g/mol. The molecular weight excluding hydrogens is 192 g/mol. The summed E-state index contributed by atoms with van der Waals surface area (Å²) < 4.78 is 5.24. The average Bonchev–Trinajstić information content (AvgIpc) is 2.71. The van der Waals surface area contributed by atoms with Crippen molar-refractivity contribution in [2.75, 3.05) is 0 Å². The van der Waals surface area contributed by atoms with Crippen molar-refractivity contribution in [2.24, 2.45) is 0 Å². The van der Waals surface area contributed by atoms with Crippen molar-refractivity contribution < 1.29 is 4.42 Å². The SMILES string of the molecule is Cc1ccc(C(=S)c2ccco2)cc1. The quantitative estimate of drug-likeness (QED) is 0.547. The third-order valence-corrected chi connectivity index (χ3v) is 2.50. The summed E-state index contributed by atoms with van der Waals surface area (Å²) in [5, 5.41) is 0. The van der Waals surface area contributed by atoms with E-state index in [0.717, 1.165) is 16.2 Å². The smallest absolute Gasteiger partial charge is 0.145 e. The highest BCUT2D eigenvalue weighted by molar-refractivity contribution is 7.81. The first-order chi connectivity index (χ1) is 6.77. The minimum atomic E-state index is 0.754. The van der Waals surface area contributed by atoms with Crippen molar-refractivity contribution in [1.29, 1.82) is 0 Å². The van der Waals surface area contributed by atoms with E-state index in [1.807, 2.05) is 36.4 Å². The van der Waals surface area contributed by atoms with Gasteiger partial charge in [0.15, 0.2) is 0 Å². The van der Waals surface area contributed by atoms with Gasteiger partial charge in [-0.25, -0.2) is 0 Å². The van der Waals surface area contributed by atoms with Crippen LogP contribution in [0, 0.1) is 6.92 Å². The van der Waals surface area contributed by atoms with Crippen LogP contribution in [0.5, 0.6) is 0 Å². The van der Waals surface area contributed by atoms with E-state index in [-0.39, 0.29) is 0 Å². The van der Waals surface area contributed by atoms with Crippen LogP contribution in [0.3, 0.4) is 0 Å². The fourth-order valence-electron chi connectivity index (χ4n) is 1.25. The molecule has 0 fully saturated rings. The van der Waals surface area contributed by atoms with Gasteiger partial charge >= 0.3 is 0 Å². The van der Waals surface area contributed by atoms with Crippen LogP contribution in [0.2, 0.25) is 0 Å². The van der Waals surface area contributed by atoms with Crippen LogP contribution in [0.15, 0.2) is 47.1 Å². The first kappa shape index (κ1) is 9.16.